The summed E-state index contributed by atoms with van der Waals surface area (Å²) in [4.78, 5) is 41.1. The maximum Gasteiger partial charge on any atom is 0.270 e. The Labute approximate surface area is 226 Å². The first-order valence-electron chi connectivity index (χ1n) is 12.0. The van der Waals surface area contributed by atoms with Crippen LogP contribution < -0.4 is 26.3 Å². The first-order valence-corrected chi connectivity index (χ1v) is 12.7. The lowest BCUT2D eigenvalue weighted by atomic mass is 9.98. The average Bonchev–Trinajstić information content (AvgIpc) is 3.29. The number of amides is 3. The second kappa shape index (κ2) is 12.0. The Kier molecular flexibility index (Phi) is 8.95. The summed E-state index contributed by atoms with van der Waals surface area (Å²) < 4.78 is 14.6. The number of aromatic nitrogens is 1. The summed E-state index contributed by atoms with van der Waals surface area (Å²) in [5.74, 6) is -0.589. The lowest BCUT2D eigenvalue weighted by molar-refractivity contribution is -0.127. The molecule has 3 rings (SSSR count). The highest BCUT2D eigenvalue weighted by molar-refractivity contribution is 7.09. The fourth-order valence-corrected chi connectivity index (χ4v) is 4.52. The number of ether oxygens (including phenoxy) is 2. The number of nitrogens with one attached hydrogen (secondary N) is 1. The summed E-state index contributed by atoms with van der Waals surface area (Å²) >= 11 is 0.764. The van der Waals surface area contributed by atoms with Gasteiger partial charge in [0, 0.05) is 12.1 Å². The van der Waals surface area contributed by atoms with Crippen molar-refractivity contribution in [2.75, 3.05) is 20.0 Å². The molecule has 0 unspecified atom stereocenters. The number of primary amides is 1. The minimum absolute atomic E-state index is 0.0164. The Morgan fingerprint density at radius 2 is 1.74 bits per heavy atom. The van der Waals surface area contributed by atoms with E-state index in [1.807, 2.05) is 26.8 Å². The number of hydrogen-bond donors (Lipinski definition) is 3. The Balaban J connectivity index is 2.18. The topological polar surface area (TPSA) is 150 Å². The van der Waals surface area contributed by atoms with Crippen LogP contribution in [0.25, 0.3) is 0 Å². The van der Waals surface area contributed by atoms with Gasteiger partial charge in [0.25, 0.3) is 11.8 Å². The van der Waals surface area contributed by atoms with E-state index in [0.29, 0.717) is 23.5 Å². The zero-order valence-corrected chi connectivity index (χ0v) is 22.9. The fraction of sp³-hybridized carbons (Fsp3) is 0.333. The Morgan fingerprint density at radius 1 is 1.08 bits per heavy atom. The molecular weight excluding hydrogens is 506 g/mol. The number of nitrogens with zero attached hydrogens (tertiary/aromatic N) is 2. The number of methoxy groups -OCH3 is 2. The number of hydrogen-bond acceptors (Lipinski definition) is 8. The van der Waals surface area contributed by atoms with Gasteiger partial charge < -0.3 is 31.2 Å². The van der Waals surface area contributed by atoms with Crippen LogP contribution in [0.5, 0.6) is 11.5 Å². The SMILES string of the molecule is CCC(C)(C)NC(=O)[C@H](c1ccc(OC)cc1)N(Cc1cccc(OC)c1)C(=O)c1snc(C(N)=O)c1N. The first kappa shape index (κ1) is 28.5. The zero-order valence-electron chi connectivity index (χ0n) is 22.1. The van der Waals surface area contributed by atoms with Crippen LogP contribution in [0.15, 0.2) is 48.5 Å². The number of anilines is 1. The number of nitrogens with two attached hydrogens (primary N) is 2. The van der Waals surface area contributed by atoms with Gasteiger partial charge in [-0.05, 0) is 67.2 Å². The highest BCUT2D eigenvalue weighted by Gasteiger charge is 2.36. The van der Waals surface area contributed by atoms with Gasteiger partial charge in [0.1, 0.15) is 22.4 Å². The Morgan fingerprint density at radius 3 is 2.29 bits per heavy atom. The van der Waals surface area contributed by atoms with Crippen LogP contribution >= 0.6 is 11.5 Å². The molecule has 0 radical (unpaired) electrons. The maximum absolute atomic E-state index is 14.1. The van der Waals surface area contributed by atoms with Crippen molar-refractivity contribution in [2.45, 2.75) is 45.3 Å². The number of nitrogen functional groups attached to an aromatic ring is 1. The molecule has 202 valence electrons. The molecule has 11 heteroatoms. The van der Waals surface area contributed by atoms with E-state index in [9.17, 15) is 14.4 Å². The minimum Gasteiger partial charge on any atom is -0.497 e. The smallest absolute Gasteiger partial charge is 0.270 e. The number of carbonyl (C=O) groups excluding carboxylic acids is 3. The van der Waals surface area contributed by atoms with Gasteiger partial charge >= 0.3 is 0 Å². The summed E-state index contributed by atoms with van der Waals surface area (Å²) in [5, 5.41) is 3.06. The van der Waals surface area contributed by atoms with Gasteiger partial charge in [0.05, 0.1) is 19.9 Å². The standard InChI is InChI=1S/C27H33N5O5S/c1-6-27(2,3)30-25(34)22(17-10-12-18(36-4)13-11-17)32(15-16-8-7-9-19(14-16)37-5)26(35)23-20(28)21(24(29)33)31-38-23/h7-14,22H,6,15,28H2,1-5H3,(H2,29,33)(H,30,34)/t22-/m0/s1. The van der Waals surface area contributed by atoms with Crippen molar-refractivity contribution in [3.63, 3.8) is 0 Å². The second-order valence-corrected chi connectivity index (χ2v) is 10.1. The summed E-state index contributed by atoms with van der Waals surface area (Å²) in [6, 6.07) is 13.1. The van der Waals surface area contributed by atoms with Gasteiger partial charge in [-0.2, -0.15) is 4.37 Å². The molecule has 1 aromatic heterocycles. The summed E-state index contributed by atoms with van der Waals surface area (Å²) in [7, 11) is 3.09. The summed E-state index contributed by atoms with van der Waals surface area (Å²) in [5.41, 5.74) is 11.9. The average molecular weight is 540 g/mol. The molecular formula is C27H33N5O5S. The molecule has 5 N–H and O–H groups in total. The van der Waals surface area contributed by atoms with Gasteiger partial charge in [-0.15, -0.1) is 0 Å². The summed E-state index contributed by atoms with van der Waals surface area (Å²) in [6.45, 7) is 5.82. The van der Waals surface area contributed by atoms with Crippen molar-refractivity contribution in [1.82, 2.24) is 14.6 Å². The minimum atomic E-state index is -1.05. The van der Waals surface area contributed by atoms with Crippen LogP contribution in [0.4, 0.5) is 5.69 Å². The van der Waals surface area contributed by atoms with Gasteiger partial charge in [-0.3, -0.25) is 14.4 Å². The molecule has 0 saturated heterocycles. The predicted molar refractivity (Wildman–Crippen MR) is 146 cm³/mol. The van der Waals surface area contributed by atoms with E-state index in [0.717, 1.165) is 17.1 Å². The Bertz CT molecular complexity index is 1310. The van der Waals surface area contributed by atoms with E-state index in [1.165, 1.54) is 4.90 Å². The van der Waals surface area contributed by atoms with E-state index >= 15 is 0 Å². The molecule has 0 bridgehead atoms. The van der Waals surface area contributed by atoms with Gasteiger partial charge in [-0.25, -0.2) is 0 Å². The number of benzene rings is 2. The highest BCUT2D eigenvalue weighted by Crippen LogP contribution is 2.32. The predicted octanol–water partition coefficient (Wildman–Crippen LogP) is 3.53. The molecule has 3 amide bonds. The highest BCUT2D eigenvalue weighted by atomic mass is 32.1. The van der Waals surface area contributed by atoms with Crippen LogP contribution in [-0.4, -0.2) is 46.8 Å². The van der Waals surface area contributed by atoms with Crippen molar-refractivity contribution < 1.29 is 23.9 Å². The van der Waals surface area contributed by atoms with E-state index in [2.05, 4.69) is 9.69 Å². The van der Waals surface area contributed by atoms with E-state index < -0.39 is 23.4 Å². The molecule has 0 aliphatic rings. The van der Waals surface area contributed by atoms with Crippen LogP contribution in [0.3, 0.4) is 0 Å². The molecule has 1 heterocycles. The van der Waals surface area contributed by atoms with Gasteiger partial charge in [0.2, 0.25) is 5.91 Å². The van der Waals surface area contributed by atoms with E-state index in [-0.39, 0.29) is 28.7 Å². The molecule has 1 atom stereocenters. The first-order chi connectivity index (χ1) is 18.0. The molecule has 0 saturated carbocycles. The van der Waals surface area contributed by atoms with Crippen molar-refractivity contribution in [2.24, 2.45) is 5.73 Å². The normalized spacial score (nSPS) is 11.9. The summed E-state index contributed by atoms with van der Waals surface area (Å²) in [6.07, 6.45) is 0.668. The molecule has 10 nitrogen and oxygen atoms in total. The van der Waals surface area contributed by atoms with Crippen molar-refractivity contribution in [3.05, 3.63) is 70.2 Å². The van der Waals surface area contributed by atoms with Crippen molar-refractivity contribution in [1.29, 1.82) is 0 Å². The molecule has 0 aliphatic carbocycles. The molecule has 38 heavy (non-hydrogen) atoms. The number of carbonyl (C=O) groups is 3. The Hall–Kier alpha value is -4.12. The molecule has 0 fully saturated rings. The third-order valence-corrected chi connectivity index (χ3v) is 7.09. The lowest BCUT2D eigenvalue weighted by Gasteiger charge is -2.34. The van der Waals surface area contributed by atoms with Gasteiger partial charge in [-0.1, -0.05) is 31.2 Å². The van der Waals surface area contributed by atoms with Gasteiger partial charge in [0.15, 0.2) is 5.69 Å². The quantitative estimate of drug-likeness (QED) is 0.337. The largest absolute Gasteiger partial charge is 0.497 e. The number of rotatable bonds is 11. The second-order valence-electron chi connectivity index (χ2n) is 9.33. The lowest BCUT2D eigenvalue weighted by Crippen LogP contribution is -2.50. The molecule has 2 aromatic carbocycles. The fourth-order valence-electron chi connectivity index (χ4n) is 3.76. The third kappa shape index (κ3) is 6.41. The molecule has 3 aromatic rings. The maximum atomic E-state index is 14.1. The van der Waals surface area contributed by atoms with Crippen LogP contribution in [0.2, 0.25) is 0 Å². The molecule has 0 spiro atoms. The van der Waals surface area contributed by atoms with Crippen molar-refractivity contribution in [3.8, 4) is 11.5 Å². The van der Waals surface area contributed by atoms with Crippen LogP contribution in [0, 0.1) is 0 Å². The van der Waals surface area contributed by atoms with Crippen LogP contribution in [0.1, 0.15) is 64.5 Å². The van der Waals surface area contributed by atoms with Crippen molar-refractivity contribution >= 4 is 34.9 Å². The zero-order chi connectivity index (χ0) is 28.0. The van der Waals surface area contributed by atoms with E-state index in [4.69, 9.17) is 20.9 Å². The molecule has 0 aliphatic heterocycles. The van der Waals surface area contributed by atoms with Crippen LogP contribution in [-0.2, 0) is 11.3 Å². The third-order valence-electron chi connectivity index (χ3n) is 6.24. The van der Waals surface area contributed by atoms with E-state index in [1.54, 1.807) is 56.7 Å². The monoisotopic (exact) mass is 539 g/mol.